The monoisotopic (exact) mass is 395 g/mol. The van der Waals surface area contributed by atoms with Crippen molar-refractivity contribution < 1.29 is 14.7 Å². The largest absolute Gasteiger partial charge is 0.508 e. The van der Waals surface area contributed by atoms with Gasteiger partial charge >= 0.3 is 0 Å². The van der Waals surface area contributed by atoms with Gasteiger partial charge < -0.3 is 20.6 Å². The zero-order chi connectivity index (χ0) is 18.6. The topological polar surface area (TPSA) is 86.9 Å². The molecule has 1 aromatic rings. The number of phenols is 1. The molecule has 2 fully saturated rings. The highest BCUT2D eigenvalue weighted by Gasteiger charge is 2.35. The number of aromatic hydroxyl groups is 1. The molecular formula is C20H30ClN3O3. The maximum atomic E-state index is 12.8. The average molecular weight is 396 g/mol. The third-order valence-electron chi connectivity index (χ3n) is 5.89. The second-order valence-electron chi connectivity index (χ2n) is 7.66. The first kappa shape index (κ1) is 21.5. The third-order valence-corrected chi connectivity index (χ3v) is 5.89. The molecule has 0 aromatic heterocycles. The molecule has 150 valence electrons. The fourth-order valence-electron chi connectivity index (χ4n) is 4.17. The van der Waals surface area contributed by atoms with E-state index < -0.39 is 0 Å². The smallest absolute Gasteiger partial charge is 0.254 e. The van der Waals surface area contributed by atoms with E-state index in [2.05, 4.69) is 0 Å². The van der Waals surface area contributed by atoms with Crippen LogP contribution in [-0.4, -0.2) is 59.4 Å². The Bertz CT molecular complexity index is 654. The number of nitrogens with zero attached hydrogens (tertiary/aromatic N) is 2. The van der Waals surface area contributed by atoms with Crippen LogP contribution in [0.5, 0.6) is 5.75 Å². The van der Waals surface area contributed by atoms with Crippen LogP contribution >= 0.6 is 12.4 Å². The Labute approximate surface area is 167 Å². The van der Waals surface area contributed by atoms with Gasteiger partial charge in [-0.1, -0.05) is 25.3 Å². The molecule has 6 nitrogen and oxygen atoms in total. The average Bonchev–Trinajstić information content (AvgIpc) is 2.68. The van der Waals surface area contributed by atoms with Crippen molar-refractivity contribution >= 4 is 24.2 Å². The van der Waals surface area contributed by atoms with Crippen molar-refractivity contribution in [2.45, 2.75) is 38.5 Å². The number of hydrogen-bond acceptors (Lipinski definition) is 4. The summed E-state index contributed by atoms with van der Waals surface area (Å²) in [6.45, 7) is 2.74. The van der Waals surface area contributed by atoms with Crippen LogP contribution in [-0.2, 0) is 4.79 Å². The highest BCUT2D eigenvalue weighted by Crippen LogP contribution is 2.38. The molecule has 1 aliphatic heterocycles. The lowest BCUT2D eigenvalue weighted by molar-refractivity contribution is -0.135. The van der Waals surface area contributed by atoms with Gasteiger partial charge in [-0.3, -0.25) is 9.59 Å². The molecule has 2 aliphatic rings. The Morgan fingerprint density at radius 2 is 1.67 bits per heavy atom. The first-order valence-corrected chi connectivity index (χ1v) is 9.59. The Morgan fingerprint density at radius 1 is 1.04 bits per heavy atom. The maximum absolute atomic E-state index is 12.8. The number of piperazine rings is 1. The maximum Gasteiger partial charge on any atom is 0.254 e. The lowest BCUT2D eigenvalue weighted by Gasteiger charge is -2.39. The number of carbonyl (C=O) groups is 2. The number of nitrogens with two attached hydrogens (primary N) is 1. The Balaban J connectivity index is 0.00000261. The van der Waals surface area contributed by atoms with E-state index in [1.165, 1.54) is 12.5 Å². The summed E-state index contributed by atoms with van der Waals surface area (Å²) < 4.78 is 0. The lowest BCUT2D eigenvalue weighted by Crippen LogP contribution is -2.51. The molecule has 0 unspecified atom stereocenters. The van der Waals surface area contributed by atoms with Crippen LogP contribution in [0.4, 0.5) is 0 Å². The van der Waals surface area contributed by atoms with Crippen LogP contribution < -0.4 is 5.73 Å². The van der Waals surface area contributed by atoms with Gasteiger partial charge in [-0.05, 0) is 43.0 Å². The van der Waals surface area contributed by atoms with Crippen LogP contribution in [0.25, 0.3) is 0 Å². The van der Waals surface area contributed by atoms with Crippen LogP contribution in [0.2, 0.25) is 0 Å². The van der Waals surface area contributed by atoms with Gasteiger partial charge in [-0.25, -0.2) is 0 Å². The summed E-state index contributed by atoms with van der Waals surface area (Å²) in [5.74, 6) is 0.157. The second-order valence-corrected chi connectivity index (χ2v) is 7.66. The predicted octanol–water partition coefficient (Wildman–Crippen LogP) is 2.40. The van der Waals surface area contributed by atoms with Gasteiger partial charge in [0.15, 0.2) is 0 Å². The summed E-state index contributed by atoms with van der Waals surface area (Å²) in [6.07, 6.45) is 6.19. The highest BCUT2D eigenvalue weighted by molar-refractivity contribution is 5.94. The molecule has 27 heavy (non-hydrogen) atoms. The Morgan fingerprint density at radius 3 is 2.26 bits per heavy atom. The zero-order valence-electron chi connectivity index (χ0n) is 15.7. The van der Waals surface area contributed by atoms with Gasteiger partial charge in [0.1, 0.15) is 5.75 Å². The van der Waals surface area contributed by atoms with Gasteiger partial charge in [0.05, 0.1) is 0 Å². The van der Waals surface area contributed by atoms with Gasteiger partial charge in [0.25, 0.3) is 5.91 Å². The van der Waals surface area contributed by atoms with Crippen molar-refractivity contribution in [1.29, 1.82) is 0 Å². The molecule has 0 bridgehead atoms. The molecule has 3 N–H and O–H groups in total. The zero-order valence-corrected chi connectivity index (χ0v) is 16.5. The standard InChI is InChI=1S/C20H29N3O3.ClH/c21-15-20(7-2-1-3-8-20)14-18(25)22-9-11-23(12-10-22)19(26)16-5-4-6-17(24)13-16;/h4-6,13,24H,1-3,7-12,14-15,21H2;1H. The fraction of sp³-hybridized carbons (Fsp3) is 0.600. The quantitative estimate of drug-likeness (QED) is 0.819. The minimum absolute atomic E-state index is 0. The Hall–Kier alpha value is -1.79. The van der Waals surface area contributed by atoms with Gasteiger partial charge in [-0.15, -0.1) is 12.4 Å². The third kappa shape index (κ3) is 5.14. The predicted molar refractivity (Wildman–Crippen MR) is 107 cm³/mol. The number of phenolic OH excluding ortho intramolecular Hbond substituents is 1. The first-order chi connectivity index (χ1) is 12.5. The van der Waals surface area contributed by atoms with E-state index in [0.29, 0.717) is 44.7 Å². The molecule has 0 atom stereocenters. The summed E-state index contributed by atoms with van der Waals surface area (Å²) in [5, 5.41) is 9.54. The molecule has 1 saturated carbocycles. The molecule has 0 spiro atoms. The van der Waals surface area contributed by atoms with Crippen molar-refractivity contribution in [2.75, 3.05) is 32.7 Å². The molecular weight excluding hydrogens is 366 g/mol. The van der Waals surface area contributed by atoms with Crippen molar-refractivity contribution in [3.05, 3.63) is 29.8 Å². The first-order valence-electron chi connectivity index (χ1n) is 9.59. The number of carbonyl (C=O) groups excluding carboxylic acids is 2. The number of hydrogen-bond donors (Lipinski definition) is 2. The van der Waals surface area contributed by atoms with E-state index in [1.54, 1.807) is 23.1 Å². The van der Waals surface area contributed by atoms with Crippen molar-refractivity contribution in [1.82, 2.24) is 9.80 Å². The normalized spacial score (nSPS) is 19.3. The van der Waals surface area contributed by atoms with Crippen molar-refractivity contribution in [3.8, 4) is 5.75 Å². The van der Waals surface area contributed by atoms with E-state index in [9.17, 15) is 14.7 Å². The van der Waals surface area contributed by atoms with Crippen LogP contribution in [0, 0.1) is 5.41 Å². The number of benzene rings is 1. The Kier molecular flexibility index (Phi) is 7.50. The molecule has 3 rings (SSSR count). The molecule has 1 saturated heterocycles. The van der Waals surface area contributed by atoms with E-state index in [1.807, 2.05) is 4.90 Å². The molecule has 1 aromatic carbocycles. The highest BCUT2D eigenvalue weighted by atomic mass is 35.5. The molecule has 2 amide bonds. The SMILES string of the molecule is Cl.NCC1(CC(=O)N2CCN(C(=O)c3cccc(O)c3)CC2)CCCCC1. The summed E-state index contributed by atoms with van der Waals surface area (Å²) in [4.78, 5) is 28.9. The van der Waals surface area contributed by atoms with E-state index in [4.69, 9.17) is 5.73 Å². The molecule has 1 aliphatic carbocycles. The summed E-state index contributed by atoms with van der Waals surface area (Å²) in [7, 11) is 0. The van der Waals surface area contributed by atoms with Crippen LogP contribution in [0.15, 0.2) is 24.3 Å². The minimum Gasteiger partial charge on any atom is -0.508 e. The van der Waals surface area contributed by atoms with Crippen LogP contribution in [0.1, 0.15) is 48.9 Å². The van der Waals surface area contributed by atoms with Gasteiger partial charge in [0.2, 0.25) is 5.91 Å². The minimum atomic E-state index is -0.0984. The second kappa shape index (κ2) is 9.42. The summed E-state index contributed by atoms with van der Waals surface area (Å²) in [5.41, 5.74) is 6.47. The number of rotatable bonds is 4. The van der Waals surface area contributed by atoms with Crippen molar-refractivity contribution in [2.24, 2.45) is 11.1 Å². The number of halogens is 1. The van der Waals surface area contributed by atoms with Gasteiger partial charge in [-0.2, -0.15) is 0 Å². The van der Waals surface area contributed by atoms with Crippen LogP contribution in [0.3, 0.4) is 0 Å². The van der Waals surface area contributed by atoms with E-state index >= 15 is 0 Å². The van der Waals surface area contributed by atoms with Gasteiger partial charge in [0, 0.05) is 38.2 Å². The van der Waals surface area contributed by atoms with E-state index in [0.717, 1.165) is 25.7 Å². The number of amides is 2. The molecule has 1 heterocycles. The van der Waals surface area contributed by atoms with E-state index in [-0.39, 0.29) is 35.4 Å². The fourth-order valence-corrected chi connectivity index (χ4v) is 4.17. The molecule has 7 heteroatoms. The van der Waals surface area contributed by atoms with Crippen molar-refractivity contribution in [3.63, 3.8) is 0 Å². The lowest BCUT2D eigenvalue weighted by atomic mass is 9.71. The summed E-state index contributed by atoms with van der Waals surface area (Å²) in [6, 6.07) is 6.40. The summed E-state index contributed by atoms with van der Waals surface area (Å²) >= 11 is 0. The molecule has 0 radical (unpaired) electrons.